The van der Waals surface area contributed by atoms with Crippen molar-refractivity contribution in [3.05, 3.63) is 50.1 Å². The standard InChI is InChI=1S/C21H29N3O3S/c1-15(2)6-8-23-9-7-17-20(21(26)22-14-16-5-4-12-28-16)18(27-3)13-19(25)24(17)11-10-23/h4-5,12-13,15H,6-11,14H2,1-3H3,(H,22,26). The molecule has 3 rings (SSSR count). The van der Waals surface area contributed by atoms with Crippen molar-refractivity contribution in [1.82, 2.24) is 14.8 Å². The Morgan fingerprint density at radius 3 is 2.82 bits per heavy atom. The Bertz CT molecular complexity index is 859. The molecule has 152 valence electrons. The second kappa shape index (κ2) is 9.39. The first-order chi connectivity index (χ1) is 13.5. The first kappa shape index (κ1) is 20.6. The third kappa shape index (κ3) is 4.83. The van der Waals surface area contributed by atoms with Crippen LogP contribution in [0, 0.1) is 5.92 Å². The Hall–Kier alpha value is -2.12. The number of methoxy groups -OCH3 is 1. The van der Waals surface area contributed by atoms with Gasteiger partial charge in [0, 0.05) is 42.7 Å². The molecule has 3 heterocycles. The van der Waals surface area contributed by atoms with E-state index in [-0.39, 0.29) is 11.5 Å². The fourth-order valence-electron chi connectivity index (χ4n) is 3.53. The van der Waals surface area contributed by atoms with Crippen LogP contribution in [-0.2, 0) is 19.5 Å². The molecular formula is C21H29N3O3S. The molecule has 1 aliphatic heterocycles. The van der Waals surface area contributed by atoms with E-state index in [1.807, 2.05) is 17.5 Å². The predicted molar refractivity (Wildman–Crippen MR) is 112 cm³/mol. The highest BCUT2D eigenvalue weighted by Crippen LogP contribution is 2.23. The number of carbonyl (C=O) groups is 1. The van der Waals surface area contributed by atoms with E-state index in [2.05, 4.69) is 24.1 Å². The number of hydrogen-bond donors (Lipinski definition) is 1. The van der Waals surface area contributed by atoms with Gasteiger partial charge >= 0.3 is 0 Å². The minimum Gasteiger partial charge on any atom is -0.496 e. The van der Waals surface area contributed by atoms with Crippen molar-refractivity contribution in [2.24, 2.45) is 5.92 Å². The van der Waals surface area contributed by atoms with E-state index in [1.54, 1.807) is 15.9 Å². The Morgan fingerprint density at radius 1 is 1.32 bits per heavy atom. The number of pyridine rings is 1. The molecule has 0 aliphatic carbocycles. The number of nitrogens with zero attached hydrogens (tertiary/aromatic N) is 2. The summed E-state index contributed by atoms with van der Waals surface area (Å²) in [5.41, 5.74) is 1.16. The summed E-state index contributed by atoms with van der Waals surface area (Å²) < 4.78 is 7.16. The molecule has 0 saturated heterocycles. The summed E-state index contributed by atoms with van der Waals surface area (Å²) in [7, 11) is 1.51. The molecule has 1 amide bonds. The van der Waals surface area contributed by atoms with Gasteiger partial charge in [-0.2, -0.15) is 0 Å². The van der Waals surface area contributed by atoms with Crippen molar-refractivity contribution in [3.8, 4) is 5.75 Å². The molecule has 0 aromatic carbocycles. The van der Waals surface area contributed by atoms with Crippen molar-refractivity contribution in [1.29, 1.82) is 0 Å². The summed E-state index contributed by atoms with van der Waals surface area (Å²) in [6.07, 6.45) is 1.79. The summed E-state index contributed by atoms with van der Waals surface area (Å²) in [5.74, 6) is 0.812. The molecule has 7 heteroatoms. The molecule has 2 aromatic rings. The zero-order chi connectivity index (χ0) is 20.1. The van der Waals surface area contributed by atoms with E-state index in [0.29, 0.717) is 36.7 Å². The van der Waals surface area contributed by atoms with Gasteiger partial charge in [-0.15, -0.1) is 11.3 Å². The van der Waals surface area contributed by atoms with Crippen molar-refractivity contribution < 1.29 is 9.53 Å². The molecule has 0 radical (unpaired) electrons. The highest BCUT2D eigenvalue weighted by Gasteiger charge is 2.25. The fraction of sp³-hybridized carbons (Fsp3) is 0.524. The van der Waals surface area contributed by atoms with E-state index in [0.717, 1.165) is 36.6 Å². The van der Waals surface area contributed by atoms with Crippen molar-refractivity contribution >= 4 is 17.2 Å². The number of carbonyl (C=O) groups excluding carboxylic acids is 1. The zero-order valence-electron chi connectivity index (χ0n) is 16.9. The normalized spacial score (nSPS) is 14.6. The van der Waals surface area contributed by atoms with Gasteiger partial charge in [-0.25, -0.2) is 0 Å². The van der Waals surface area contributed by atoms with Crippen LogP contribution in [-0.4, -0.2) is 42.1 Å². The molecule has 0 bridgehead atoms. The Morgan fingerprint density at radius 2 is 2.14 bits per heavy atom. The SMILES string of the molecule is COc1cc(=O)n2c(c1C(=O)NCc1cccs1)CCN(CCC(C)C)CC2. The number of fused-ring (bicyclic) bond motifs is 1. The molecule has 28 heavy (non-hydrogen) atoms. The van der Waals surface area contributed by atoms with Crippen LogP contribution in [0.1, 0.15) is 41.2 Å². The minimum absolute atomic E-state index is 0.104. The van der Waals surface area contributed by atoms with Crippen molar-refractivity contribution in [2.75, 3.05) is 26.7 Å². The third-order valence-electron chi connectivity index (χ3n) is 5.16. The van der Waals surface area contributed by atoms with Crippen molar-refractivity contribution in [2.45, 2.75) is 39.8 Å². The molecule has 1 N–H and O–H groups in total. The Kier molecular flexibility index (Phi) is 6.91. The zero-order valence-corrected chi connectivity index (χ0v) is 17.7. The van der Waals surface area contributed by atoms with Gasteiger partial charge in [0.2, 0.25) is 0 Å². The second-order valence-electron chi connectivity index (χ2n) is 7.56. The average Bonchev–Trinajstić information content (AvgIpc) is 3.10. The lowest BCUT2D eigenvalue weighted by Crippen LogP contribution is -2.31. The maximum absolute atomic E-state index is 13.0. The van der Waals surface area contributed by atoms with Gasteiger partial charge in [-0.3, -0.25) is 9.59 Å². The number of rotatable bonds is 7. The van der Waals surface area contributed by atoms with Crippen LogP contribution in [0.15, 0.2) is 28.4 Å². The van der Waals surface area contributed by atoms with Crippen LogP contribution in [0.3, 0.4) is 0 Å². The number of hydrogen-bond acceptors (Lipinski definition) is 5. The van der Waals surface area contributed by atoms with Gasteiger partial charge in [0.25, 0.3) is 11.5 Å². The van der Waals surface area contributed by atoms with Crippen molar-refractivity contribution in [3.63, 3.8) is 0 Å². The molecule has 6 nitrogen and oxygen atoms in total. The number of ether oxygens (including phenoxy) is 1. The van der Waals surface area contributed by atoms with Crippen LogP contribution in [0.4, 0.5) is 0 Å². The van der Waals surface area contributed by atoms with E-state index < -0.39 is 0 Å². The lowest BCUT2D eigenvalue weighted by atomic mass is 10.1. The highest BCUT2D eigenvalue weighted by molar-refractivity contribution is 7.09. The topological polar surface area (TPSA) is 63.6 Å². The molecule has 0 saturated carbocycles. The van der Waals surface area contributed by atoms with Crippen LogP contribution >= 0.6 is 11.3 Å². The monoisotopic (exact) mass is 403 g/mol. The quantitative estimate of drug-likeness (QED) is 0.772. The number of aromatic nitrogens is 1. The number of amides is 1. The van der Waals surface area contributed by atoms with Crippen LogP contribution in [0.25, 0.3) is 0 Å². The van der Waals surface area contributed by atoms with Gasteiger partial charge in [0.1, 0.15) is 11.3 Å². The number of thiophene rings is 1. The van der Waals surface area contributed by atoms with Crippen LogP contribution in [0.5, 0.6) is 5.75 Å². The lowest BCUT2D eigenvalue weighted by Gasteiger charge is -2.20. The van der Waals surface area contributed by atoms with Crippen LogP contribution < -0.4 is 15.6 Å². The molecule has 0 fully saturated rings. The summed E-state index contributed by atoms with van der Waals surface area (Å²) >= 11 is 1.60. The fourth-order valence-corrected chi connectivity index (χ4v) is 4.18. The molecule has 1 aliphatic rings. The maximum atomic E-state index is 13.0. The smallest absolute Gasteiger partial charge is 0.257 e. The molecular weight excluding hydrogens is 374 g/mol. The van der Waals surface area contributed by atoms with Gasteiger partial charge in [0.05, 0.1) is 13.7 Å². The molecule has 0 atom stereocenters. The van der Waals surface area contributed by atoms with E-state index in [1.165, 1.54) is 13.2 Å². The molecule has 2 aromatic heterocycles. The Balaban J connectivity index is 1.85. The summed E-state index contributed by atoms with van der Waals surface area (Å²) in [4.78, 5) is 29.1. The second-order valence-corrected chi connectivity index (χ2v) is 8.59. The highest BCUT2D eigenvalue weighted by atomic mass is 32.1. The van der Waals surface area contributed by atoms with Gasteiger partial charge in [-0.1, -0.05) is 19.9 Å². The molecule has 0 spiro atoms. The summed E-state index contributed by atoms with van der Waals surface area (Å²) in [5, 5.41) is 4.97. The van der Waals surface area contributed by atoms with Gasteiger partial charge in [-0.05, 0) is 30.3 Å². The Labute approximate surface area is 170 Å². The van der Waals surface area contributed by atoms with E-state index in [9.17, 15) is 9.59 Å². The first-order valence-electron chi connectivity index (χ1n) is 9.83. The molecule has 0 unspecified atom stereocenters. The minimum atomic E-state index is -0.190. The van der Waals surface area contributed by atoms with Gasteiger partial charge in [0.15, 0.2) is 0 Å². The summed E-state index contributed by atoms with van der Waals surface area (Å²) in [6.45, 7) is 8.18. The lowest BCUT2D eigenvalue weighted by molar-refractivity contribution is 0.0946. The van der Waals surface area contributed by atoms with Gasteiger partial charge < -0.3 is 19.5 Å². The van der Waals surface area contributed by atoms with E-state index >= 15 is 0 Å². The first-order valence-corrected chi connectivity index (χ1v) is 10.7. The largest absolute Gasteiger partial charge is 0.496 e. The maximum Gasteiger partial charge on any atom is 0.257 e. The predicted octanol–water partition coefficient (Wildman–Crippen LogP) is 2.75. The summed E-state index contributed by atoms with van der Waals surface area (Å²) in [6, 6.07) is 5.39. The average molecular weight is 404 g/mol. The van der Waals surface area contributed by atoms with Crippen LogP contribution in [0.2, 0.25) is 0 Å². The third-order valence-corrected chi connectivity index (χ3v) is 6.04. The number of nitrogens with one attached hydrogen (secondary N) is 1. The van der Waals surface area contributed by atoms with E-state index in [4.69, 9.17) is 4.74 Å².